The maximum absolute atomic E-state index is 6.04. The predicted molar refractivity (Wildman–Crippen MR) is 78.4 cm³/mol. The zero-order chi connectivity index (χ0) is 13.2. The maximum atomic E-state index is 6.04. The highest BCUT2D eigenvalue weighted by Crippen LogP contribution is 2.27. The smallest absolute Gasteiger partial charge is 0.0645 e. The average Bonchev–Trinajstić information content (AvgIpc) is 2.93. The van der Waals surface area contributed by atoms with Crippen LogP contribution in [0.3, 0.4) is 0 Å². The Labute approximate surface area is 116 Å². The summed E-state index contributed by atoms with van der Waals surface area (Å²) < 4.78 is 1.83. The number of anilines is 1. The fraction of sp³-hybridized carbons (Fsp3) is 0. The van der Waals surface area contributed by atoms with Gasteiger partial charge in [-0.1, -0.05) is 35.9 Å². The third-order valence-corrected chi connectivity index (χ3v) is 3.26. The molecule has 94 valence electrons. The van der Waals surface area contributed by atoms with E-state index in [1.807, 2.05) is 59.5 Å². The molecule has 0 aliphatic heterocycles. The number of benzene rings is 2. The van der Waals surface area contributed by atoms with Crippen molar-refractivity contribution in [1.29, 1.82) is 0 Å². The molecule has 3 nitrogen and oxygen atoms in total. The summed E-state index contributed by atoms with van der Waals surface area (Å²) in [5.74, 6) is 0. The first-order chi connectivity index (χ1) is 9.24. The van der Waals surface area contributed by atoms with Gasteiger partial charge in [0.15, 0.2) is 0 Å². The summed E-state index contributed by atoms with van der Waals surface area (Å²) in [6, 6.07) is 15.6. The molecule has 0 atom stereocenters. The van der Waals surface area contributed by atoms with E-state index in [-0.39, 0.29) is 0 Å². The van der Waals surface area contributed by atoms with Gasteiger partial charge in [-0.3, -0.25) is 0 Å². The van der Waals surface area contributed by atoms with Crippen LogP contribution in [0.4, 0.5) is 5.69 Å². The van der Waals surface area contributed by atoms with Crippen molar-refractivity contribution in [2.75, 3.05) is 5.73 Å². The number of nitrogens with zero attached hydrogens (tertiary/aromatic N) is 2. The molecule has 0 aliphatic carbocycles. The number of nitrogens with two attached hydrogens (primary N) is 1. The Hall–Kier alpha value is -2.26. The van der Waals surface area contributed by atoms with Gasteiger partial charge in [0.25, 0.3) is 0 Å². The summed E-state index contributed by atoms with van der Waals surface area (Å²) in [4.78, 5) is 0. The van der Waals surface area contributed by atoms with Gasteiger partial charge in [0, 0.05) is 11.8 Å². The first-order valence-electron chi connectivity index (χ1n) is 5.89. The highest BCUT2D eigenvalue weighted by Gasteiger charge is 2.05. The van der Waals surface area contributed by atoms with E-state index < -0.39 is 0 Å². The first-order valence-corrected chi connectivity index (χ1v) is 6.27. The minimum absolute atomic E-state index is 0.560. The van der Waals surface area contributed by atoms with Crippen molar-refractivity contribution >= 4 is 17.3 Å². The summed E-state index contributed by atoms with van der Waals surface area (Å²) in [5, 5.41) is 4.92. The molecule has 0 bridgehead atoms. The lowest BCUT2D eigenvalue weighted by Crippen LogP contribution is -1.92. The largest absolute Gasteiger partial charge is 0.398 e. The average molecular weight is 270 g/mol. The van der Waals surface area contributed by atoms with Gasteiger partial charge in [0.1, 0.15) is 0 Å². The van der Waals surface area contributed by atoms with Crippen molar-refractivity contribution in [3.8, 4) is 16.8 Å². The van der Waals surface area contributed by atoms with Crippen LogP contribution in [0.2, 0.25) is 5.02 Å². The minimum atomic E-state index is 0.560. The second-order valence-electron chi connectivity index (χ2n) is 4.25. The van der Waals surface area contributed by atoms with E-state index in [1.165, 1.54) is 0 Å². The Morgan fingerprint density at radius 2 is 1.79 bits per heavy atom. The lowest BCUT2D eigenvalue weighted by molar-refractivity contribution is 0.881. The summed E-state index contributed by atoms with van der Waals surface area (Å²) >= 11 is 6.04. The topological polar surface area (TPSA) is 43.8 Å². The van der Waals surface area contributed by atoms with Crippen LogP contribution in [-0.4, -0.2) is 9.78 Å². The van der Waals surface area contributed by atoms with Crippen molar-refractivity contribution in [2.45, 2.75) is 0 Å². The second-order valence-corrected chi connectivity index (χ2v) is 4.65. The van der Waals surface area contributed by atoms with Crippen LogP contribution < -0.4 is 5.73 Å². The Bertz CT molecular complexity index is 704. The maximum Gasteiger partial charge on any atom is 0.0645 e. The van der Waals surface area contributed by atoms with E-state index in [0.717, 1.165) is 16.8 Å². The first kappa shape index (κ1) is 11.8. The second kappa shape index (κ2) is 4.78. The Morgan fingerprint density at radius 3 is 2.53 bits per heavy atom. The molecule has 2 aromatic carbocycles. The van der Waals surface area contributed by atoms with E-state index in [0.29, 0.717) is 10.7 Å². The number of halogens is 1. The van der Waals surface area contributed by atoms with Crippen molar-refractivity contribution in [3.63, 3.8) is 0 Å². The van der Waals surface area contributed by atoms with Crippen LogP contribution in [0, 0.1) is 0 Å². The number of rotatable bonds is 2. The highest BCUT2D eigenvalue weighted by molar-refractivity contribution is 6.33. The molecule has 0 spiro atoms. The van der Waals surface area contributed by atoms with Crippen LogP contribution in [0.15, 0.2) is 60.9 Å². The zero-order valence-corrected chi connectivity index (χ0v) is 10.9. The monoisotopic (exact) mass is 269 g/mol. The number of hydrogen-bond donors (Lipinski definition) is 1. The van der Waals surface area contributed by atoms with Gasteiger partial charge >= 0.3 is 0 Å². The number of nitrogen functional groups attached to an aromatic ring is 1. The SMILES string of the molecule is Nc1ccc(-c2cnn(-c3ccccc3)c2)cc1Cl. The van der Waals surface area contributed by atoms with E-state index >= 15 is 0 Å². The molecule has 0 radical (unpaired) electrons. The highest BCUT2D eigenvalue weighted by atomic mass is 35.5. The molecule has 0 fully saturated rings. The third kappa shape index (κ3) is 2.33. The van der Waals surface area contributed by atoms with Gasteiger partial charge in [-0.15, -0.1) is 0 Å². The molecule has 0 aliphatic rings. The molecular formula is C15H12ClN3. The molecule has 2 N–H and O–H groups in total. The number of aromatic nitrogens is 2. The van der Waals surface area contributed by atoms with Crippen LogP contribution >= 0.6 is 11.6 Å². The molecule has 0 saturated carbocycles. The van der Waals surface area contributed by atoms with E-state index in [4.69, 9.17) is 17.3 Å². The molecule has 1 heterocycles. The summed E-state index contributed by atoms with van der Waals surface area (Å²) in [6.07, 6.45) is 3.78. The van der Waals surface area contributed by atoms with Crippen LogP contribution in [-0.2, 0) is 0 Å². The van der Waals surface area contributed by atoms with Crippen LogP contribution in [0.1, 0.15) is 0 Å². The quantitative estimate of drug-likeness (QED) is 0.720. The number of hydrogen-bond acceptors (Lipinski definition) is 2. The molecule has 19 heavy (non-hydrogen) atoms. The molecule has 3 rings (SSSR count). The predicted octanol–water partition coefficient (Wildman–Crippen LogP) is 3.77. The standard InChI is InChI=1S/C15H12ClN3/c16-14-8-11(6-7-15(14)17)12-9-18-19(10-12)13-4-2-1-3-5-13/h1-10H,17H2. The Morgan fingerprint density at radius 1 is 1.00 bits per heavy atom. The Kier molecular flexibility index (Phi) is 2.97. The summed E-state index contributed by atoms with van der Waals surface area (Å²) in [6.45, 7) is 0. The van der Waals surface area contributed by atoms with Crippen molar-refractivity contribution < 1.29 is 0 Å². The van der Waals surface area contributed by atoms with Gasteiger partial charge in [-0.2, -0.15) is 5.10 Å². The van der Waals surface area contributed by atoms with Gasteiger partial charge < -0.3 is 5.73 Å². The molecule has 4 heteroatoms. The molecule has 0 amide bonds. The van der Waals surface area contributed by atoms with Crippen molar-refractivity contribution in [1.82, 2.24) is 9.78 Å². The lowest BCUT2D eigenvalue weighted by atomic mass is 10.1. The Balaban J connectivity index is 1.99. The fourth-order valence-electron chi connectivity index (χ4n) is 1.90. The van der Waals surface area contributed by atoms with Gasteiger partial charge in [-0.05, 0) is 29.8 Å². The fourth-order valence-corrected chi connectivity index (χ4v) is 2.08. The molecular weight excluding hydrogens is 258 g/mol. The van der Waals surface area contributed by atoms with Crippen molar-refractivity contribution in [3.05, 3.63) is 65.9 Å². The number of para-hydroxylation sites is 1. The summed E-state index contributed by atoms with van der Waals surface area (Å²) in [7, 11) is 0. The van der Waals surface area contributed by atoms with Crippen LogP contribution in [0.25, 0.3) is 16.8 Å². The van der Waals surface area contributed by atoms with Gasteiger partial charge in [0.05, 0.1) is 22.6 Å². The summed E-state index contributed by atoms with van der Waals surface area (Å²) in [5.41, 5.74) is 9.32. The van der Waals surface area contributed by atoms with Crippen molar-refractivity contribution in [2.24, 2.45) is 0 Å². The third-order valence-electron chi connectivity index (χ3n) is 2.94. The molecule has 1 aromatic heterocycles. The van der Waals surface area contributed by atoms with Crippen LogP contribution in [0.5, 0.6) is 0 Å². The van der Waals surface area contributed by atoms with E-state index in [2.05, 4.69) is 5.10 Å². The lowest BCUT2D eigenvalue weighted by Gasteiger charge is -2.01. The van der Waals surface area contributed by atoms with Gasteiger partial charge in [0.2, 0.25) is 0 Å². The molecule has 0 unspecified atom stereocenters. The minimum Gasteiger partial charge on any atom is -0.398 e. The normalized spacial score (nSPS) is 10.6. The van der Waals surface area contributed by atoms with E-state index in [9.17, 15) is 0 Å². The van der Waals surface area contributed by atoms with E-state index in [1.54, 1.807) is 6.07 Å². The molecule has 0 saturated heterocycles. The molecule has 3 aromatic rings. The zero-order valence-electron chi connectivity index (χ0n) is 10.1. The van der Waals surface area contributed by atoms with Gasteiger partial charge in [-0.25, -0.2) is 4.68 Å².